The van der Waals surface area contributed by atoms with Gasteiger partial charge in [0.05, 0.1) is 7.11 Å². The molecule has 0 aliphatic rings. The van der Waals surface area contributed by atoms with Gasteiger partial charge in [-0.3, -0.25) is 14.4 Å². The van der Waals surface area contributed by atoms with E-state index in [2.05, 4.69) is 4.74 Å². The lowest BCUT2D eigenvalue weighted by Gasteiger charge is -2.19. The number of rotatable bonds is 6. The quantitative estimate of drug-likeness (QED) is 0.537. The van der Waals surface area contributed by atoms with Gasteiger partial charge in [-0.25, -0.2) is 0 Å². The van der Waals surface area contributed by atoms with Crippen LogP contribution in [0.4, 0.5) is 0 Å². The predicted octanol–water partition coefficient (Wildman–Crippen LogP) is 1.88. The Morgan fingerprint density at radius 2 is 1.61 bits per heavy atom. The summed E-state index contributed by atoms with van der Waals surface area (Å²) in [4.78, 5) is 33.9. The maximum Gasteiger partial charge on any atom is 0.313 e. The van der Waals surface area contributed by atoms with Crippen molar-refractivity contribution in [1.29, 1.82) is 0 Å². The van der Waals surface area contributed by atoms with Gasteiger partial charge in [-0.1, -0.05) is 6.92 Å². The number of methoxy groups -OCH3 is 1. The fourth-order valence-corrected chi connectivity index (χ4v) is 1.44. The summed E-state index contributed by atoms with van der Waals surface area (Å²) >= 11 is 0. The van der Waals surface area contributed by atoms with E-state index >= 15 is 0 Å². The van der Waals surface area contributed by atoms with Crippen molar-refractivity contribution < 1.29 is 23.9 Å². The van der Waals surface area contributed by atoms with E-state index in [4.69, 9.17) is 4.74 Å². The van der Waals surface area contributed by atoms with E-state index in [0.717, 1.165) is 0 Å². The van der Waals surface area contributed by atoms with Crippen LogP contribution in [0.3, 0.4) is 0 Å². The summed E-state index contributed by atoms with van der Waals surface area (Å²) in [5, 5.41) is 0. The normalized spacial score (nSPS) is 12.7. The van der Waals surface area contributed by atoms with Crippen LogP contribution in [0.25, 0.3) is 0 Å². The highest BCUT2D eigenvalue weighted by Crippen LogP contribution is 2.13. The van der Waals surface area contributed by atoms with Crippen LogP contribution in [0.2, 0.25) is 0 Å². The summed E-state index contributed by atoms with van der Waals surface area (Å²) in [6.45, 7) is 7.00. The molecule has 0 aromatic heterocycles. The molecule has 104 valence electrons. The topological polar surface area (TPSA) is 69.7 Å². The molecule has 0 saturated carbocycles. The summed E-state index contributed by atoms with van der Waals surface area (Å²) in [7, 11) is 1.30. The second kappa shape index (κ2) is 7.13. The highest BCUT2D eigenvalue weighted by molar-refractivity contribution is 5.95. The van der Waals surface area contributed by atoms with Gasteiger partial charge in [-0.2, -0.15) is 0 Å². The van der Waals surface area contributed by atoms with Crippen LogP contribution in [-0.2, 0) is 23.9 Å². The SMILES string of the molecule is COC(=O)CC(C)CC(=O)CC(=O)OC(C)(C)C. The summed E-state index contributed by atoms with van der Waals surface area (Å²) in [6, 6.07) is 0. The van der Waals surface area contributed by atoms with Crippen molar-refractivity contribution in [3.63, 3.8) is 0 Å². The first-order valence-corrected chi connectivity index (χ1v) is 5.94. The Morgan fingerprint density at radius 1 is 1.06 bits per heavy atom. The molecular formula is C13H22O5. The van der Waals surface area contributed by atoms with E-state index in [9.17, 15) is 14.4 Å². The number of carbonyl (C=O) groups is 3. The first-order chi connectivity index (χ1) is 8.14. The van der Waals surface area contributed by atoms with Crippen LogP contribution in [0.1, 0.15) is 47.0 Å². The largest absolute Gasteiger partial charge is 0.469 e. The fourth-order valence-electron chi connectivity index (χ4n) is 1.44. The van der Waals surface area contributed by atoms with Crippen molar-refractivity contribution in [1.82, 2.24) is 0 Å². The maximum atomic E-state index is 11.6. The molecular weight excluding hydrogens is 236 g/mol. The zero-order chi connectivity index (χ0) is 14.3. The van der Waals surface area contributed by atoms with Gasteiger partial charge >= 0.3 is 11.9 Å². The Labute approximate surface area is 108 Å². The molecule has 0 aliphatic carbocycles. The van der Waals surface area contributed by atoms with Crippen LogP contribution in [0, 0.1) is 5.92 Å². The molecule has 18 heavy (non-hydrogen) atoms. The van der Waals surface area contributed by atoms with E-state index in [1.54, 1.807) is 27.7 Å². The third-order valence-electron chi connectivity index (χ3n) is 2.08. The van der Waals surface area contributed by atoms with Crippen molar-refractivity contribution >= 4 is 17.7 Å². The Morgan fingerprint density at radius 3 is 2.06 bits per heavy atom. The van der Waals surface area contributed by atoms with E-state index in [1.807, 2.05) is 0 Å². The lowest BCUT2D eigenvalue weighted by Crippen LogP contribution is -2.25. The molecule has 0 rings (SSSR count). The van der Waals surface area contributed by atoms with Crippen LogP contribution < -0.4 is 0 Å². The summed E-state index contributed by atoms with van der Waals surface area (Å²) in [5.74, 6) is -1.24. The van der Waals surface area contributed by atoms with Crippen molar-refractivity contribution in [2.24, 2.45) is 5.92 Å². The van der Waals surface area contributed by atoms with E-state index in [1.165, 1.54) is 7.11 Å². The van der Waals surface area contributed by atoms with Gasteiger partial charge in [0, 0.05) is 12.8 Å². The Kier molecular flexibility index (Phi) is 6.58. The second-order valence-corrected chi connectivity index (χ2v) is 5.39. The van der Waals surface area contributed by atoms with Gasteiger partial charge in [0.1, 0.15) is 17.8 Å². The van der Waals surface area contributed by atoms with E-state index < -0.39 is 11.6 Å². The molecule has 1 unspecified atom stereocenters. The first kappa shape index (κ1) is 16.6. The molecule has 0 aromatic carbocycles. The zero-order valence-electron chi connectivity index (χ0n) is 11.7. The highest BCUT2D eigenvalue weighted by atomic mass is 16.6. The number of ether oxygens (including phenoxy) is 2. The first-order valence-electron chi connectivity index (χ1n) is 5.94. The average molecular weight is 258 g/mol. The molecule has 0 radical (unpaired) electrons. The number of carbonyl (C=O) groups excluding carboxylic acids is 3. The van der Waals surface area contributed by atoms with Crippen LogP contribution in [-0.4, -0.2) is 30.4 Å². The molecule has 5 nitrogen and oxygen atoms in total. The number of hydrogen-bond donors (Lipinski definition) is 0. The molecule has 0 fully saturated rings. The van der Waals surface area contributed by atoms with Gasteiger partial charge in [0.25, 0.3) is 0 Å². The molecule has 0 bridgehead atoms. The van der Waals surface area contributed by atoms with Gasteiger partial charge in [-0.05, 0) is 26.7 Å². The van der Waals surface area contributed by atoms with Gasteiger partial charge < -0.3 is 9.47 Å². The smallest absolute Gasteiger partial charge is 0.313 e. The maximum absolute atomic E-state index is 11.6. The Bertz CT molecular complexity index is 314. The minimum absolute atomic E-state index is 0.132. The average Bonchev–Trinajstić information content (AvgIpc) is 2.12. The number of esters is 2. The van der Waals surface area contributed by atoms with Crippen molar-refractivity contribution in [3.8, 4) is 0 Å². The van der Waals surface area contributed by atoms with Gasteiger partial charge in [0.15, 0.2) is 0 Å². The van der Waals surface area contributed by atoms with Crippen LogP contribution >= 0.6 is 0 Å². The van der Waals surface area contributed by atoms with Crippen molar-refractivity contribution in [2.45, 2.75) is 52.6 Å². The Hall–Kier alpha value is -1.39. The monoisotopic (exact) mass is 258 g/mol. The standard InChI is InChI=1S/C13H22O5/c1-9(7-11(15)17-5)6-10(14)8-12(16)18-13(2,3)4/h9H,6-8H2,1-5H3. The highest BCUT2D eigenvalue weighted by Gasteiger charge is 2.20. The van der Waals surface area contributed by atoms with Crippen LogP contribution in [0.5, 0.6) is 0 Å². The fraction of sp³-hybridized carbons (Fsp3) is 0.769. The van der Waals surface area contributed by atoms with Crippen LogP contribution in [0.15, 0.2) is 0 Å². The van der Waals surface area contributed by atoms with Gasteiger partial charge in [-0.15, -0.1) is 0 Å². The third kappa shape index (κ3) is 8.73. The summed E-state index contributed by atoms with van der Waals surface area (Å²) < 4.78 is 9.55. The van der Waals surface area contributed by atoms with E-state index in [-0.39, 0.29) is 36.9 Å². The number of ketones is 1. The predicted molar refractivity (Wildman–Crippen MR) is 65.9 cm³/mol. The summed E-state index contributed by atoms with van der Waals surface area (Å²) in [5.41, 5.74) is -0.588. The van der Waals surface area contributed by atoms with Crippen molar-refractivity contribution in [2.75, 3.05) is 7.11 Å². The number of hydrogen-bond acceptors (Lipinski definition) is 5. The molecule has 1 atom stereocenters. The molecule has 0 amide bonds. The van der Waals surface area contributed by atoms with Gasteiger partial charge in [0.2, 0.25) is 0 Å². The Balaban J connectivity index is 4.04. The summed E-state index contributed by atoms with van der Waals surface area (Å²) in [6.07, 6.45) is 0.105. The third-order valence-corrected chi connectivity index (χ3v) is 2.08. The minimum Gasteiger partial charge on any atom is -0.469 e. The number of Topliss-reactive ketones (excluding diaryl/α,β-unsaturated/α-hetero) is 1. The lowest BCUT2D eigenvalue weighted by molar-refractivity contribution is -0.156. The molecule has 0 spiro atoms. The second-order valence-electron chi connectivity index (χ2n) is 5.39. The molecule has 0 heterocycles. The molecule has 0 saturated heterocycles. The van der Waals surface area contributed by atoms with Crippen molar-refractivity contribution in [3.05, 3.63) is 0 Å². The lowest BCUT2D eigenvalue weighted by atomic mass is 10.00. The molecule has 0 aliphatic heterocycles. The molecule has 5 heteroatoms. The molecule has 0 aromatic rings. The van der Waals surface area contributed by atoms with E-state index in [0.29, 0.717) is 0 Å². The minimum atomic E-state index is -0.588. The zero-order valence-corrected chi connectivity index (χ0v) is 11.7. The molecule has 0 N–H and O–H groups in total.